The molecule has 0 atom stereocenters. The molecule has 1 N–H and O–H groups in total. The van der Waals surface area contributed by atoms with Crippen LogP contribution in [0.3, 0.4) is 0 Å². The molecule has 2 rings (SSSR count). The van der Waals surface area contributed by atoms with Crippen LogP contribution in [-0.2, 0) is 28.0 Å². The van der Waals surface area contributed by atoms with Gasteiger partial charge in [-0.25, -0.2) is 21.9 Å². The number of hydrogen-bond acceptors (Lipinski definition) is 6. The zero-order chi connectivity index (χ0) is 25.7. The number of aromatic nitrogens is 2. The van der Waals surface area contributed by atoms with Gasteiger partial charge in [0, 0.05) is 18.0 Å². The first-order valence-electron chi connectivity index (χ1n) is 9.01. The number of hydrogen-bond donors (Lipinski definition) is 1. The molecule has 0 aliphatic carbocycles. The zero-order valence-electron chi connectivity index (χ0n) is 18.0. The normalized spacial score (nSPS) is 12.4. The second-order valence-electron chi connectivity index (χ2n) is 8.08. The Morgan fingerprint density at radius 3 is 2.15 bits per heavy atom. The highest BCUT2D eigenvalue weighted by Crippen LogP contribution is 2.38. The molecule has 0 radical (unpaired) electrons. The van der Waals surface area contributed by atoms with E-state index in [9.17, 15) is 45.6 Å². The van der Waals surface area contributed by atoms with Crippen molar-refractivity contribution in [3.05, 3.63) is 50.0 Å². The quantitative estimate of drug-likeness (QED) is 0.656. The van der Waals surface area contributed by atoms with Crippen molar-refractivity contribution < 1.29 is 30.8 Å². The third-order valence-corrected chi connectivity index (χ3v) is 5.47. The van der Waals surface area contributed by atoms with Crippen molar-refractivity contribution in [3.8, 4) is 17.2 Å². The predicted molar refractivity (Wildman–Crippen MR) is 109 cm³/mol. The molecular formula is C19H18F4N4O5S. The van der Waals surface area contributed by atoms with Crippen molar-refractivity contribution in [2.75, 3.05) is 10.6 Å². The number of nitrogens with one attached hydrogen (secondary N) is 1. The van der Waals surface area contributed by atoms with E-state index >= 15 is 0 Å². The monoisotopic (exact) mass is 490 g/mol. The number of amides is 1. The number of aromatic amines is 1. The summed E-state index contributed by atoms with van der Waals surface area (Å²) in [6, 6.07) is 2.39. The van der Waals surface area contributed by atoms with Crippen LogP contribution < -0.4 is 15.6 Å². The zero-order valence-corrected chi connectivity index (χ0v) is 18.8. The molecule has 1 amide bonds. The van der Waals surface area contributed by atoms with Gasteiger partial charge in [-0.05, 0) is 12.1 Å². The van der Waals surface area contributed by atoms with Gasteiger partial charge in [0.05, 0.1) is 23.1 Å². The van der Waals surface area contributed by atoms with Gasteiger partial charge in [-0.2, -0.15) is 18.4 Å². The predicted octanol–water partition coefficient (Wildman–Crippen LogP) is 2.11. The number of carbonyl (C=O) groups is 1. The summed E-state index contributed by atoms with van der Waals surface area (Å²) in [4.78, 5) is 38.5. The van der Waals surface area contributed by atoms with Crippen molar-refractivity contribution in [2.45, 2.75) is 26.9 Å². The summed E-state index contributed by atoms with van der Waals surface area (Å²) in [5.41, 5.74) is -10.0. The summed E-state index contributed by atoms with van der Waals surface area (Å²) in [5, 5.41) is 9.38. The molecule has 1 aromatic heterocycles. The average molecular weight is 490 g/mol. The van der Waals surface area contributed by atoms with Crippen molar-refractivity contribution in [2.24, 2.45) is 12.5 Å². The lowest BCUT2D eigenvalue weighted by Gasteiger charge is -2.28. The van der Waals surface area contributed by atoms with Gasteiger partial charge in [0.2, 0.25) is 15.9 Å². The molecule has 0 bridgehead atoms. The summed E-state index contributed by atoms with van der Waals surface area (Å²) in [6.45, 7) is 4.05. The van der Waals surface area contributed by atoms with Crippen LogP contribution in [0.2, 0.25) is 0 Å². The SMILES string of the molecule is Cn1c(C(F)(F)F)c(-c2cc(N(C(=O)C(C)(C)C)S(C)(=O)=O)c(C#N)cc2F)c(=O)[nH]c1=O. The Morgan fingerprint density at radius 2 is 1.73 bits per heavy atom. The standard InChI is InChI=1S/C19H18F4N4O5S/c1-18(2,3)16(29)27(33(5,31)32)12-7-10(11(20)6-9(12)8-24)13-14(19(21,22)23)26(4)17(30)25-15(13)28/h6-7H,1-5H3,(H,25,28,30). The summed E-state index contributed by atoms with van der Waals surface area (Å²) in [5.74, 6) is -2.55. The average Bonchev–Trinajstić information content (AvgIpc) is 2.62. The van der Waals surface area contributed by atoms with Gasteiger partial charge in [-0.15, -0.1) is 0 Å². The van der Waals surface area contributed by atoms with E-state index < -0.39 is 72.7 Å². The van der Waals surface area contributed by atoms with Gasteiger partial charge in [0.1, 0.15) is 17.6 Å². The Bertz CT molecular complexity index is 1410. The molecule has 2 aromatic rings. The van der Waals surface area contributed by atoms with Gasteiger partial charge in [0.25, 0.3) is 5.56 Å². The highest BCUT2D eigenvalue weighted by molar-refractivity contribution is 7.92. The molecule has 9 nitrogen and oxygen atoms in total. The molecule has 0 spiro atoms. The number of carbonyl (C=O) groups excluding carboxylic acids is 1. The van der Waals surface area contributed by atoms with Crippen molar-refractivity contribution in [1.82, 2.24) is 9.55 Å². The largest absolute Gasteiger partial charge is 0.432 e. The summed E-state index contributed by atoms with van der Waals surface area (Å²) in [6.07, 6.45) is -4.68. The van der Waals surface area contributed by atoms with E-state index in [-0.39, 0.29) is 8.87 Å². The fraction of sp³-hybridized carbons (Fsp3) is 0.368. The van der Waals surface area contributed by atoms with E-state index in [1.54, 1.807) is 4.98 Å². The lowest BCUT2D eigenvalue weighted by Crippen LogP contribution is -2.43. The fourth-order valence-electron chi connectivity index (χ4n) is 2.96. The molecule has 0 aliphatic rings. The Labute approximate surface area is 184 Å². The molecule has 0 saturated carbocycles. The van der Waals surface area contributed by atoms with Crippen LogP contribution in [0.15, 0.2) is 21.7 Å². The van der Waals surface area contributed by atoms with Crippen LogP contribution in [-0.4, -0.2) is 30.1 Å². The van der Waals surface area contributed by atoms with E-state index in [0.29, 0.717) is 25.4 Å². The van der Waals surface area contributed by atoms with Gasteiger partial charge < -0.3 is 0 Å². The maximum Gasteiger partial charge on any atom is 0.432 e. The van der Waals surface area contributed by atoms with Crippen LogP contribution >= 0.6 is 0 Å². The Balaban J connectivity index is 3.10. The highest BCUT2D eigenvalue weighted by Gasteiger charge is 2.41. The number of sulfonamides is 1. The maximum atomic E-state index is 14.9. The van der Waals surface area contributed by atoms with Gasteiger partial charge in [-0.1, -0.05) is 20.8 Å². The molecular weight excluding hydrogens is 472 g/mol. The fourth-order valence-corrected chi connectivity index (χ4v) is 4.04. The van der Waals surface area contributed by atoms with Crippen LogP contribution in [0.25, 0.3) is 11.1 Å². The van der Waals surface area contributed by atoms with Crippen molar-refractivity contribution in [1.29, 1.82) is 5.26 Å². The van der Waals surface area contributed by atoms with Gasteiger partial charge in [-0.3, -0.25) is 19.1 Å². The van der Waals surface area contributed by atoms with Gasteiger partial charge in [0.15, 0.2) is 0 Å². The summed E-state index contributed by atoms with van der Waals surface area (Å²) < 4.78 is 81.1. The summed E-state index contributed by atoms with van der Waals surface area (Å²) >= 11 is 0. The Hall–Kier alpha value is -3.47. The molecule has 0 aliphatic heterocycles. The highest BCUT2D eigenvalue weighted by atomic mass is 32.2. The smallest absolute Gasteiger partial charge is 0.292 e. The number of anilines is 1. The molecule has 178 valence electrons. The number of alkyl halides is 3. The minimum atomic E-state index is -5.30. The molecule has 0 fully saturated rings. The van der Waals surface area contributed by atoms with E-state index in [0.717, 1.165) is 0 Å². The van der Waals surface area contributed by atoms with Crippen LogP contribution in [0.1, 0.15) is 32.0 Å². The molecule has 0 saturated heterocycles. The molecule has 1 heterocycles. The number of nitrogens with zero attached hydrogens (tertiary/aromatic N) is 3. The third kappa shape index (κ3) is 4.82. The minimum absolute atomic E-state index is 0.0443. The van der Waals surface area contributed by atoms with Crippen LogP contribution in [0.4, 0.5) is 23.2 Å². The number of halogens is 4. The lowest BCUT2D eigenvalue weighted by atomic mass is 9.94. The van der Waals surface area contributed by atoms with Crippen LogP contribution in [0, 0.1) is 22.6 Å². The van der Waals surface area contributed by atoms with Crippen molar-refractivity contribution in [3.63, 3.8) is 0 Å². The molecule has 33 heavy (non-hydrogen) atoms. The van der Waals surface area contributed by atoms with Gasteiger partial charge >= 0.3 is 11.9 Å². The van der Waals surface area contributed by atoms with E-state index in [1.165, 1.54) is 26.8 Å². The number of nitriles is 1. The molecule has 14 heteroatoms. The minimum Gasteiger partial charge on any atom is -0.292 e. The number of benzene rings is 1. The van der Waals surface area contributed by atoms with E-state index in [1.807, 2.05) is 0 Å². The Morgan fingerprint density at radius 1 is 1.18 bits per heavy atom. The lowest BCUT2D eigenvalue weighted by molar-refractivity contribution is -0.143. The number of rotatable bonds is 3. The van der Waals surface area contributed by atoms with E-state index in [4.69, 9.17) is 0 Å². The maximum absolute atomic E-state index is 14.9. The first-order chi connectivity index (χ1) is 14.8. The number of H-pyrrole nitrogens is 1. The third-order valence-electron chi connectivity index (χ3n) is 4.44. The second-order valence-corrected chi connectivity index (χ2v) is 9.91. The van der Waals surface area contributed by atoms with E-state index in [2.05, 4.69) is 0 Å². The Kier molecular flexibility index (Phi) is 6.36. The first kappa shape index (κ1) is 25.8. The topological polar surface area (TPSA) is 133 Å². The summed E-state index contributed by atoms with van der Waals surface area (Å²) in [7, 11) is -3.77. The second kappa shape index (κ2) is 8.14. The first-order valence-corrected chi connectivity index (χ1v) is 10.9. The molecule has 1 aromatic carbocycles. The van der Waals surface area contributed by atoms with Crippen LogP contribution in [0.5, 0.6) is 0 Å². The van der Waals surface area contributed by atoms with Crippen molar-refractivity contribution >= 4 is 21.6 Å². The molecule has 0 unspecified atom stereocenters.